The monoisotopic (exact) mass is 434 g/mol. The number of amides is 2. The zero-order valence-corrected chi connectivity index (χ0v) is 19.6. The minimum atomic E-state index is -0.144. The molecule has 2 amide bonds. The number of nitrogens with zero attached hydrogens (tertiary/aromatic N) is 2. The lowest BCUT2D eigenvalue weighted by Gasteiger charge is -2.07. The van der Waals surface area contributed by atoms with Gasteiger partial charge in [-0.25, -0.2) is 10.9 Å². The maximum absolute atomic E-state index is 12.1. The van der Waals surface area contributed by atoms with Gasteiger partial charge in [-0.2, -0.15) is 10.2 Å². The highest BCUT2D eigenvalue weighted by Crippen LogP contribution is 2.08. The van der Waals surface area contributed by atoms with Gasteiger partial charge in [-0.1, -0.05) is 73.5 Å². The van der Waals surface area contributed by atoms with Crippen molar-refractivity contribution in [2.45, 2.75) is 66.2 Å². The summed E-state index contributed by atoms with van der Waals surface area (Å²) in [5.74, 6) is -0.289. The fourth-order valence-electron chi connectivity index (χ4n) is 3.13. The first-order valence-corrected chi connectivity index (χ1v) is 11.3. The number of nitrogens with one attached hydrogen (secondary N) is 2. The third-order valence-electron chi connectivity index (χ3n) is 5.13. The average molecular weight is 435 g/mol. The van der Waals surface area contributed by atoms with Crippen molar-refractivity contribution in [3.05, 3.63) is 70.8 Å². The van der Waals surface area contributed by atoms with Gasteiger partial charge in [0.1, 0.15) is 0 Å². The van der Waals surface area contributed by atoms with Crippen molar-refractivity contribution in [3.8, 4) is 0 Å². The van der Waals surface area contributed by atoms with E-state index in [1.165, 1.54) is 11.1 Å². The van der Waals surface area contributed by atoms with Gasteiger partial charge in [0.25, 0.3) is 0 Å². The molecule has 0 aromatic heterocycles. The molecular formula is C26H34N4O2. The minimum Gasteiger partial charge on any atom is -0.273 e. The molecule has 2 N–H and O–H groups in total. The Balaban J connectivity index is 1.72. The molecule has 0 radical (unpaired) electrons. The smallest absolute Gasteiger partial charge is 0.240 e. The molecule has 6 nitrogen and oxygen atoms in total. The van der Waals surface area contributed by atoms with Gasteiger partial charge in [0.05, 0.1) is 11.4 Å². The Morgan fingerprint density at radius 2 is 1.00 bits per heavy atom. The van der Waals surface area contributed by atoms with E-state index in [0.717, 1.165) is 35.4 Å². The minimum absolute atomic E-state index is 0.144. The van der Waals surface area contributed by atoms with Crippen molar-refractivity contribution in [2.75, 3.05) is 0 Å². The van der Waals surface area contributed by atoms with Crippen LogP contribution in [0.2, 0.25) is 0 Å². The van der Waals surface area contributed by atoms with Gasteiger partial charge in [-0.3, -0.25) is 9.59 Å². The van der Waals surface area contributed by atoms with E-state index in [1.807, 2.05) is 76.2 Å². The lowest BCUT2D eigenvalue weighted by Crippen LogP contribution is -2.21. The summed E-state index contributed by atoms with van der Waals surface area (Å²) in [4.78, 5) is 24.2. The zero-order valence-electron chi connectivity index (χ0n) is 19.6. The van der Waals surface area contributed by atoms with Gasteiger partial charge < -0.3 is 0 Å². The first kappa shape index (κ1) is 25.0. The highest BCUT2D eigenvalue weighted by molar-refractivity contribution is 6.01. The number of unbranched alkanes of at least 4 members (excludes halogenated alkanes) is 1. The molecule has 0 aliphatic rings. The maximum atomic E-state index is 12.1. The Kier molecular flexibility index (Phi) is 10.3. The molecule has 0 atom stereocenters. The highest BCUT2D eigenvalue weighted by Gasteiger charge is 2.07. The molecule has 0 heterocycles. The molecule has 0 aliphatic heterocycles. The fourth-order valence-corrected chi connectivity index (χ4v) is 3.13. The van der Waals surface area contributed by atoms with Gasteiger partial charge in [0.2, 0.25) is 11.8 Å². The number of aryl methyl sites for hydroxylation is 2. The first-order chi connectivity index (χ1) is 15.4. The van der Waals surface area contributed by atoms with E-state index in [9.17, 15) is 9.59 Å². The standard InChI is InChI=1S/C26H34N4O2/c1-5-23(21-15-11-19(3)12-16-21)27-29-25(31)9-7-8-10-26(32)30-28-24(6-2)22-17-13-20(4)14-18-22/h11-18H,5-10H2,1-4H3,(H,29,31)(H,30,32)/b27-23+,28-24+. The molecule has 2 aromatic carbocycles. The van der Waals surface area contributed by atoms with Crippen LogP contribution in [-0.4, -0.2) is 23.2 Å². The molecule has 0 spiro atoms. The third kappa shape index (κ3) is 8.46. The van der Waals surface area contributed by atoms with E-state index in [-0.39, 0.29) is 11.8 Å². The summed E-state index contributed by atoms with van der Waals surface area (Å²) in [7, 11) is 0. The Morgan fingerprint density at radius 3 is 1.31 bits per heavy atom. The predicted octanol–water partition coefficient (Wildman–Crippen LogP) is 5.02. The third-order valence-corrected chi connectivity index (χ3v) is 5.13. The topological polar surface area (TPSA) is 82.9 Å². The van der Waals surface area contributed by atoms with Crippen LogP contribution in [0.4, 0.5) is 0 Å². The lowest BCUT2D eigenvalue weighted by atomic mass is 10.1. The summed E-state index contributed by atoms with van der Waals surface area (Å²) in [6.45, 7) is 8.09. The second-order valence-corrected chi connectivity index (χ2v) is 7.83. The van der Waals surface area contributed by atoms with E-state index >= 15 is 0 Å². The van der Waals surface area contributed by atoms with Crippen molar-refractivity contribution < 1.29 is 9.59 Å². The normalized spacial score (nSPS) is 11.9. The van der Waals surface area contributed by atoms with Crippen LogP contribution in [0.25, 0.3) is 0 Å². The molecule has 0 bridgehead atoms. The number of rotatable bonds is 11. The van der Waals surface area contributed by atoms with Gasteiger partial charge in [0, 0.05) is 12.8 Å². The molecule has 2 rings (SSSR count). The number of carbonyl (C=O) groups is 2. The van der Waals surface area contributed by atoms with Crippen molar-refractivity contribution in [1.29, 1.82) is 0 Å². The predicted molar refractivity (Wildman–Crippen MR) is 131 cm³/mol. The maximum Gasteiger partial charge on any atom is 0.240 e. The summed E-state index contributed by atoms with van der Waals surface area (Å²) >= 11 is 0. The Morgan fingerprint density at radius 1 is 0.656 bits per heavy atom. The number of benzene rings is 2. The fraction of sp³-hybridized carbons (Fsp3) is 0.385. The van der Waals surface area contributed by atoms with E-state index in [4.69, 9.17) is 0 Å². The Hall–Kier alpha value is -3.28. The zero-order chi connectivity index (χ0) is 23.3. The van der Waals surface area contributed by atoms with Gasteiger partial charge in [-0.15, -0.1) is 0 Å². The van der Waals surface area contributed by atoms with Crippen molar-refractivity contribution in [1.82, 2.24) is 10.9 Å². The molecule has 170 valence electrons. The number of hydrazone groups is 2. The van der Waals surface area contributed by atoms with E-state index < -0.39 is 0 Å². The number of hydrogen-bond acceptors (Lipinski definition) is 4. The average Bonchev–Trinajstić information content (AvgIpc) is 2.79. The Bertz CT molecular complexity index is 865. The van der Waals surface area contributed by atoms with E-state index in [0.29, 0.717) is 25.7 Å². The van der Waals surface area contributed by atoms with Gasteiger partial charge in [-0.05, 0) is 50.7 Å². The van der Waals surface area contributed by atoms with E-state index in [2.05, 4.69) is 21.1 Å². The number of carbonyl (C=O) groups excluding carboxylic acids is 2. The molecule has 32 heavy (non-hydrogen) atoms. The summed E-state index contributed by atoms with van der Waals surface area (Å²) in [6.07, 6.45) is 3.34. The van der Waals surface area contributed by atoms with E-state index in [1.54, 1.807) is 0 Å². The lowest BCUT2D eigenvalue weighted by molar-refractivity contribution is -0.123. The van der Waals surface area contributed by atoms with Crippen LogP contribution in [0.1, 0.15) is 74.6 Å². The largest absolute Gasteiger partial charge is 0.273 e. The van der Waals surface area contributed by atoms with Crippen molar-refractivity contribution >= 4 is 23.2 Å². The molecule has 0 aliphatic carbocycles. The molecule has 0 saturated heterocycles. The molecule has 2 aromatic rings. The SMILES string of the molecule is CC/C(=N\NC(=O)CCCCC(=O)N/N=C(\CC)c1ccc(C)cc1)c1ccc(C)cc1. The van der Waals surface area contributed by atoms with Crippen LogP contribution in [-0.2, 0) is 9.59 Å². The van der Waals surface area contributed by atoms with Crippen LogP contribution in [0.3, 0.4) is 0 Å². The van der Waals surface area contributed by atoms with Gasteiger partial charge >= 0.3 is 0 Å². The second-order valence-electron chi connectivity index (χ2n) is 7.83. The quantitative estimate of drug-likeness (QED) is 0.296. The van der Waals surface area contributed by atoms with Crippen molar-refractivity contribution in [2.24, 2.45) is 10.2 Å². The molecule has 0 saturated carbocycles. The van der Waals surface area contributed by atoms with Gasteiger partial charge in [0.15, 0.2) is 0 Å². The molecule has 0 fully saturated rings. The molecule has 6 heteroatoms. The molecule has 0 unspecified atom stereocenters. The summed E-state index contributed by atoms with van der Waals surface area (Å²) in [5, 5.41) is 8.54. The summed E-state index contributed by atoms with van der Waals surface area (Å²) in [5.41, 5.74) is 11.3. The van der Waals surface area contributed by atoms with Crippen LogP contribution in [0, 0.1) is 13.8 Å². The van der Waals surface area contributed by atoms with Crippen LogP contribution in [0.15, 0.2) is 58.7 Å². The Labute approximate surface area is 191 Å². The summed E-state index contributed by atoms with van der Waals surface area (Å²) < 4.78 is 0. The van der Waals surface area contributed by atoms with Crippen LogP contribution >= 0.6 is 0 Å². The van der Waals surface area contributed by atoms with Crippen LogP contribution in [0.5, 0.6) is 0 Å². The summed E-state index contributed by atoms with van der Waals surface area (Å²) in [6, 6.07) is 16.1. The van der Waals surface area contributed by atoms with Crippen LogP contribution < -0.4 is 10.9 Å². The second kappa shape index (κ2) is 13.2. The first-order valence-electron chi connectivity index (χ1n) is 11.3. The molecular weight excluding hydrogens is 400 g/mol. The highest BCUT2D eigenvalue weighted by atomic mass is 16.2. The van der Waals surface area contributed by atoms with Crippen molar-refractivity contribution in [3.63, 3.8) is 0 Å². The number of hydrogen-bond donors (Lipinski definition) is 2.